The Morgan fingerprint density at radius 2 is 2.27 bits per heavy atom. The SMILES string of the molecule is NCc1cc(Br)c([N+](=O)[O-])nc1C(F)F. The van der Waals surface area contributed by atoms with Crippen molar-refractivity contribution in [3.63, 3.8) is 0 Å². The highest BCUT2D eigenvalue weighted by Crippen LogP contribution is 2.29. The largest absolute Gasteiger partial charge is 0.378 e. The van der Waals surface area contributed by atoms with Crippen LogP contribution in [0.5, 0.6) is 0 Å². The molecular formula is C7H6BrF2N3O2. The molecule has 0 amide bonds. The molecule has 5 nitrogen and oxygen atoms in total. The Balaban J connectivity index is 3.37. The molecule has 1 aromatic rings. The van der Waals surface area contributed by atoms with Gasteiger partial charge in [-0.3, -0.25) is 0 Å². The molecule has 0 aliphatic carbocycles. The van der Waals surface area contributed by atoms with E-state index in [9.17, 15) is 18.9 Å². The molecule has 8 heteroatoms. The lowest BCUT2D eigenvalue weighted by atomic mass is 10.2. The average molecular weight is 282 g/mol. The Morgan fingerprint density at radius 3 is 2.67 bits per heavy atom. The molecule has 0 aliphatic heterocycles. The number of rotatable bonds is 3. The predicted molar refractivity (Wildman–Crippen MR) is 51.4 cm³/mol. The molecule has 0 aliphatic rings. The number of halogens is 3. The summed E-state index contributed by atoms with van der Waals surface area (Å²) in [6, 6.07) is 1.19. The highest BCUT2D eigenvalue weighted by Gasteiger charge is 2.25. The normalized spacial score (nSPS) is 10.7. The summed E-state index contributed by atoms with van der Waals surface area (Å²) in [7, 11) is 0. The lowest BCUT2D eigenvalue weighted by Gasteiger charge is -2.03. The average Bonchev–Trinajstić information content (AvgIpc) is 2.16. The third-order valence-corrected chi connectivity index (χ3v) is 2.25. The fourth-order valence-corrected chi connectivity index (χ4v) is 1.52. The van der Waals surface area contributed by atoms with Crippen molar-refractivity contribution in [2.24, 2.45) is 5.73 Å². The molecule has 0 atom stereocenters. The van der Waals surface area contributed by atoms with Crippen LogP contribution < -0.4 is 5.73 Å². The van der Waals surface area contributed by atoms with Gasteiger partial charge in [-0.15, -0.1) is 0 Å². The van der Waals surface area contributed by atoms with Crippen LogP contribution in [0.25, 0.3) is 0 Å². The van der Waals surface area contributed by atoms with Crippen molar-refractivity contribution < 1.29 is 13.7 Å². The Labute approximate surface area is 91.6 Å². The van der Waals surface area contributed by atoms with E-state index >= 15 is 0 Å². The maximum absolute atomic E-state index is 12.4. The van der Waals surface area contributed by atoms with Crippen LogP contribution >= 0.6 is 15.9 Å². The summed E-state index contributed by atoms with van der Waals surface area (Å²) in [4.78, 5) is 12.9. The zero-order valence-electron chi connectivity index (χ0n) is 7.28. The number of alkyl halides is 2. The molecule has 0 fully saturated rings. The van der Waals surface area contributed by atoms with Gasteiger partial charge in [-0.1, -0.05) is 0 Å². The van der Waals surface area contributed by atoms with Gasteiger partial charge < -0.3 is 15.8 Å². The van der Waals surface area contributed by atoms with Gasteiger partial charge in [0.2, 0.25) is 5.69 Å². The summed E-state index contributed by atoms with van der Waals surface area (Å²) < 4.78 is 24.9. The van der Waals surface area contributed by atoms with Crippen LogP contribution in [-0.2, 0) is 6.54 Å². The van der Waals surface area contributed by atoms with Gasteiger partial charge >= 0.3 is 12.2 Å². The van der Waals surface area contributed by atoms with Gasteiger partial charge in [-0.2, -0.15) is 0 Å². The van der Waals surface area contributed by atoms with E-state index in [1.807, 2.05) is 0 Å². The zero-order chi connectivity index (χ0) is 11.6. The highest BCUT2D eigenvalue weighted by atomic mass is 79.9. The zero-order valence-corrected chi connectivity index (χ0v) is 8.87. The number of nitro groups is 1. The first-order chi connectivity index (χ1) is 6.97. The molecule has 1 heterocycles. The van der Waals surface area contributed by atoms with Gasteiger partial charge in [0.05, 0.1) is 0 Å². The molecule has 82 valence electrons. The molecule has 1 rings (SSSR count). The summed E-state index contributed by atoms with van der Waals surface area (Å²) in [6.45, 7) is -0.150. The van der Waals surface area contributed by atoms with Crippen LogP contribution in [0.15, 0.2) is 10.5 Å². The maximum Gasteiger partial charge on any atom is 0.378 e. The number of nitrogens with zero attached hydrogens (tertiary/aromatic N) is 2. The lowest BCUT2D eigenvalue weighted by Crippen LogP contribution is -2.07. The molecule has 1 aromatic heterocycles. The minimum atomic E-state index is -2.88. The van der Waals surface area contributed by atoms with Crippen LogP contribution in [0.2, 0.25) is 0 Å². The van der Waals surface area contributed by atoms with E-state index in [1.54, 1.807) is 0 Å². The predicted octanol–water partition coefficient (Wildman–Crippen LogP) is 2.15. The molecule has 0 unspecified atom stereocenters. The van der Waals surface area contributed by atoms with Crippen molar-refractivity contribution in [3.05, 3.63) is 31.9 Å². The second-order valence-electron chi connectivity index (χ2n) is 2.60. The van der Waals surface area contributed by atoms with Crippen molar-refractivity contribution in [3.8, 4) is 0 Å². The highest BCUT2D eigenvalue weighted by molar-refractivity contribution is 9.10. The van der Waals surface area contributed by atoms with E-state index < -0.39 is 22.9 Å². The smallest absolute Gasteiger partial charge is 0.358 e. The maximum atomic E-state index is 12.4. The standard InChI is InChI=1S/C7H6BrF2N3O2/c8-4-1-3(2-11)5(6(9)10)12-7(4)13(14)15/h1,6H,2,11H2. The first-order valence-electron chi connectivity index (χ1n) is 3.79. The monoisotopic (exact) mass is 281 g/mol. The second-order valence-corrected chi connectivity index (χ2v) is 3.45. The van der Waals surface area contributed by atoms with Gasteiger partial charge in [0.15, 0.2) is 0 Å². The van der Waals surface area contributed by atoms with Crippen molar-refractivity contribution in [1.29, 1.82) is 0 Å². The molecule has 0 saturated carbocycles. The summed E-state index contributed by atoms with van der Waals surface area (Å²) in [6.07, 6.45) is -2.88. The first kappa shape index (κ1) is 11.9. The molecule has 0 spiro atoms. The fraction of sp³-hybridized carbons (Fsp3) is 0.286. The Bertz CT molecular complexity index is 400. The van der Waals surface area contributed by atoms with Crippen molar-refractivity contribution >= 4 is 21.7 Å². The number of nitrogens with two attached hydrogens (primary N) is 1. The van der Waals surface area contributed by atoms with E-state index in [1.165, 1.54) is 6.07 Å². The minimum Gasteiger partial charge on any atom is -0.358 e. The number of pyridine rings is 1. The Kier molecular flexibility index (Phi) is 3.64. The van der Waals surface area contributed by atoms with Gasteiger partial charge in [0, 0.05) is 12.1 Å². The summed E-state index contributed by atoms with van der Waals surface area (Å²) in [5.74, 6) is -0.637. The quantitative estimate of drug-likeness (QED) is 0.680. The van der Waals surface area contributed by atoms with E-state index in [4.69, 9.17) is 5.73 Å². The second kappa shape index (κ2) is 4.58. The Morgan fingerprint density at radius 1 is 1.67 bits per heavy atom. The molecule has 2 N–H and O–H groups in total. The summed E-state index contributed by atoms with van der Waals surface area (Å²) in [5.41, 5.74) is 4.66. The van der Waals surface area contributed by atoms with Gasteiger partial charge in [0.1, 0.15) is 4.47 Å². The van der Waals surface area contributed by atoms with Gasteiger partial charge in [-0.05, 0) is 31.9 Å². The fourth-order valence-electron chi connectivity index (χ4n) is 1.01. The van der Waals surface area contributed by atoms with Crippen molar-refractivity contribution in [2.45, 2.75) is 13.0 Å². The lowest BCUT2D eigenvalue weighted by molar-refractivity contribution is -0.390. The molecule has 0 bridgehead atoms. The van der Waals surface area contributed by atoms with Crippen LogP contribution in [0.3, 0.4) is 0 Å². The van der Waals surface area contributed by atoms with E-state index in [0.717, 1.165) is 0 Å². The number of hydrogen-bond acceptors (Lipinski definition) is 4. The van der Waals surface area contributed by atoms with Gasteiger partial charge in [-0.25, -0.2) is 8.78 Å². The molecule has 0 saturated heterocycles. The van der Waals surface area contributed by atoms with E-state index in [0.29, 0.717) is 0 Å². The first-order valence-corrected chi connectivity index (χ1v) is 4.58. The minimum absolute atomic E-state index is 0.0392. The molecular weight excluding hydrogens is 276 g/mol. The van der Waals surface area contributed by atoms with E-state index in [2.05, 4.69) is 20.9 Å². The summed E-state index contributed by atoms with van der Waals surface area (Å²) >= 11 is 2.87. The van der Waals surface area contributed by atoms with E-state index in [-0.39, 0.29) is 16.6 Å². The third-order valence-electron chi connectivity index (χ3n) is 1.67. The molecule has 0 radical (unpaired) electrons. The third kappa shape index (κ3) is 2.45. The number of aromatic nitrogens is 1. The van der Waals surface area contributed by atoms with Crippen LogP contribution in [0, 0.1) is 10.1 Å². The molecule has 0 aromatic carbocycles. The summed E-state index contributed by atoms with van der Waals surface area (Å²) in [5, 5.41) is 10.4. The Hall–Kier alpha value is -1.15. The van der Waals surface area contributed by atoms with Crippen molar-refractivity contribution in [2.75, 3.05) is 0 Å². The topological polar surface area (TPSA) is 82.0 Å². The van der Waals surface area contributed by atoms with Crippen molar-refractivity contribution in [1.82, 2.24) is 4.98 Å². The van der Waals surface area contributed by atoms with Gasteiger partial charge in [0.25, 0.3) is 0 Å². The van der Waals surface area contributed by atoms with Crippen LogP contribution in [0.4, 0.5) is 14.6 Å². The van der Waals surface area contributed by atoms with Crippen LogP contribution in [0.1, 0.15) is 17.7 Å². The van der Waals surface area contributed by atoms with Crippen LogP contribution in [-0.4, -0.2) is 9.91 Å². The number of hydrogen-bond donors (Lipinski definition) is 1. The molecule has 15 heavy (non-hydrogen) atoms.